The zero-order chi connectivity index (χ0) is 24.3. The molecule has 0 aliphatic carbocycles. The van der Waals surface area contributed by atoms with Crippen LogP contribution in [0.2, 0.25) is 0 Å². The van der Waals surface area contributed by atoms with Gasteiger partial charge in [0.1, 0.15) is 36.6 Å². The van der Waals surface area contributed by atoms with Gasteiger partial charge in [0.05, 0.1) is 18.8 Å². The average molecular weight is 481 g/mol. The third-order valence-electron chi connectivity index (χ3n) is 6.71. The van der Waals surface area contributed by atoms with Gasteiger partial charge in [0, 0.05) is 0 Å². The summed E-state index contributed by atoms with van der Waals surface area (Å²) in [5, 5.41) is 11.1. The number of benzene rings is 1. The maximum atomic E-state index is 11.1. The highest BCUT2D eigenvalue weighted by atomic mass is 16.8. The minimum atomic E-state index is -1.06. The predicted molar refractivity (Wildman–Crippen MR) is 118 cm³/mol. The van der Waals surface area contributed by atoms with Gasteiger partial charge < -0.3 is 43.0 Å². The van der Waals surface area contributed by atoms with Crippen LogP contribution in [0.15, 0.2) is 30.3 Å². The number of rotatable bonds is 5. The maximum Gasteiger partial charge on any atom is 0.187 e. The third kappa shape index (κ3) is 4.78. The Hall–Kier alpha value is -1.14. The average Bonchev–Trinajstić information content (AvgIpc) is 3.29. The highest BCUT2D eigenvalue weighted by Gasteiger charge is 2.59. The molecule has 1 aromatic carbocycles. The number of fused-ring (bicyclic) bond motifs is 2. The second kappa shape index (κ2) is 9.06. The molecule has 10 atom stereocenters. The van der Waals surface area contributed by atoms with E-state index in [0.717, 1.165) is 5.56 Å². The highest BCUT2D eigenvalue weighted by molar-refractivity contribution is 5.13. The van der Waals surface area contributed by atoms with Gasteiger partial charge in [0.25, 0.3) is 0 Å². The molecule has 0 spiro atoms. The van der Waals surface area contributed by atoms with E-state index in [9.17, 15) is 5.11 Å². The fraction of sp³-hybridized carbons (Fsp3) is 0.760. The Bertz CT molecular complexity index is 846. The number of aliphatic hydroxyl groups is 1. The summed E-state index contributed by atoms with van der Waals surface area (Å²) in [5.41, 5.74) is 1.01. The van der Waals surface area contributed by atoms with Crippen LogP contribution in [0.4, 0.5) is 0 Å². The lowest BCUT2D eigenvalue weighted by Crippen LogP contribution is -2.62. The topological polar surface area (TPSA) is 94.1 Å². The van der Waals surface area contributed by atoms with E-state index in [-0.39, 0.29) is 18.3 Å². The summed E-state index contributed by atoms with van der Waals surface area (Å²) in [4.78, 5) is 0. The molecule has 4 aliphatic heterocycles. The molecule has 0 saturated carbocycles. The first-order valence-electron chi connectivity index (χ1n) is 12.0. The summed E-state index contributed by atoms with van der Waals surface area (Å²) in [7, 11) is 0. The molecule has 34 heavy (non-hydrogen) atoms. The van der Waals surface area contributed by atoms with Gasteiger partial charge in [0.15, 0.2) is 24.2 Å². The molecule has 0 bridgehead atoms. The summed E-state index contributed by atoms with van der Waals surface area (Å²) >= 11 is 0. The number of hydrogen-bond donors (Lipinski definition) is 1. The largest absolute Gasteiger partial charge is 0.385 e. The van der Waals surface area contributed by atoms with Crippen molar-refractivity contribution in [3.05, 3.63) is 35.9 Å². The van der Waals surface area contributed by atoms with E-state index in [1.54, 1.807) is 0 Å². The highest BCUT2D eigenvalue weighted by Crippen LogP contribution is 2.42. The van der Waals surface area contributed by atoms with Gasteiger partial charge in [-0.25, -0.2) is 0 Å². The minimum Gasteiger partial charge on any atom is -0.385 e. The van der Waals surface area contributed by atoms with Gasteiger partial charge in [0.2, 0.25) is 0 Å². The maximum absolute atomic E-state index is 11.1. The lowest BCUT2D eigenvalue weighted by atomic mass is 9.98. The summed E-state index contributed by atoms with van der Waals surface area (Å²) in [5.74, 6) is -1.62. The Morgan fingerprint density at radius 1 is 0.765 bits per heavy atom. The van der Waals surface area contributed by atoms with E-state index in [0.29, 0.717) is 6.61 Å². The zero-order valence-electron chi connectivity index (χ0n) is 20.6. The van der Waals surface area contributed by atoms with Gasteiger partial charge in [-0.2, -0.15) is 0 Å². The van der Waals surface area contributed by atoms with E-state index in [4.69, 9.17) is 37.9 Å². The van der Waals surface area contributed by atoms with Crippen LogP contribution in [0, 0.1) is 0 Å². The van der Waals surface area contributed by atoms with E-state index in [1.165, 1.54) is 0 Å². The molecule has 9 nitrogen and oxygen atoms in total. The quantitative estimate of drug-likeness (QED) is 0.682. The van der Waals surface area contributed by atoms with Crippen molar-refractivity contribution in [3.63, 3.8) is 0 Å². The number of ether oxygens (including phenoxy) is 8. The van der Waals surface area contributed by atoms with E-state index < -0.39 is 54.7 Å². The Labute approximate surface area is 200 Å². The van der Waals surface area contributed by atoms with Crippen molar-refractivity contribution in [1.29, 1.82) is 0 Å². The van der Waals surface area contributed by atoms with Crippen LogP contribution in [-0.4, -0.2) is 78.1 Å². The molecule has 4 saturated heterocycles. The fourth-order valence-electron chi connectivity index (χ4n) is 5.22. The van der Waals surface area contributed by atoms with Crippen LogP contribution < -0.4 is 0 Å². The molecular formula is C25H36O9. The van der Waals surface area contributed by atoms with Gasteiger partial charge in [-0.1, -0.05) is 30.3 Å². The smallest absolute Gasteiger partial charge is 0.187 e. The second-order valence-corrected chi connectivity index (χ2v) is 10.4. The van der Waals surface area contributed by atoms with E-state index in [2.05, 4.69) is 0 Å². The summed E-state index contributed by atoms with van der Waals surface area (Å²) in [6.45, 7) is 11.5. The van der Waals surface area contributed by atoms with Gasteiger partial charge in [-0.05, 0) is 47.1 Å². The summed E-state index contributed by atoms with van der Waals surface area (Å²) in [6, 6.07) is 9.84. The Balaban J connectivity index is 1.36. The van der Waals surface area contributed by atoms with Gasteiger partial charge in [-0.3, -0.25) is 0 Å². The molecule has 5 rings (SSSR count). The molecule has 9 heteroatoms. The summed E-state index contributed by atoms with van der Waals surface area (Å²) < 4.78 is 49.1. The Morgan fingerprint density at radius 3 is 1.94 bits per heavy atom. The van der Waals surface area contributed by atoms with Gasteiger partial charge in [-0.15, -0.1) is 0 Å². The first-order chi connectivity index (χ1) is 16.0. The van der Waals surface area contributed by atoms with Crippen molar-refractivity contribution in [3.8, 4) is 0 Å². The number of aliphatic hydroxyl groups excluding tert-OH is 1. The standard InChI is InChI=1S/C25H36O9/c1-13-17-19(33-24(3,4)31-17)16(26)22(28-13)30-21-20-18(32-25(5,6)34-20)14(2)29-23(21)27-12-15-10-8-7-9-11-15/h7-11,13-14,16-23,26H,12H2,1-6H3/t13-,14-,16-,17+,18+,19-,20+,21-,22+,23+/m0/s1. The molecule has 1 aromatic rings. The summed E-state index contributed by atoms with van der Waals surface area (Å²) in [6.07, 6.45) is -5.93. The number of hydrogen-bond acceptors (Lipinski definition) is 9. The second-order valence-electron chi connectivity index (χ2n) is 10.4. The first kappa shape index (κ1) is 24.5. The van der Waals surface area contributed by atoms with Crippen molar-refractivity contribution in [1.82, 2.24) is 0 Å². The fourth-order valence-corrected chi connectivity index (χ4v) is 5.22. The van der Waals surface area contributed by atoms with Crippen LogP contribution >= 0.6 is 0 Å². The van der Waals surface area contributed by atoms with Crippen molar-refractivity contribution < 1.29 is 43.0 Å². The molecule has 0 amide bonds. The lowest BCUT2D eigenvalue weighted by molar-refractivity contribution is -0.348. The van der Waals surface area contributed by atoms with Crippen LogP contribution in [0.1, 0.15) is 47.1 Å². The molecule has 1 N–H and O–H groups in total. The molecule has 0 unspecified atom stereocenters. The molecule has 0 aromatic heterocycles. The molecule has 4 fully saturated rings. The SMILES string of the molecule is C[C@@H]1O[C@@H](OCc2ccccc2)[C@@H](O[C@H]2O[C@@H](C)[C@H]3OC(C)(C)O[C@H]3[C@@H]2O)[C@@H]2OC(C)(C)O[C@@H]21. The van der Waals surface area contributed by atoms with Crippen molar-refractivity contribution >= 4 is 0 Å². The van der Waals surface area contributed by atoms with E-state index in [1.807, 2.05) is 71.9 Å². The Kier molecular flexibility index (Phi) is 6.54. The van der Waals surface area contributed by atoms with Crippen molar-refractivity contribution in [2.45, 2.75) is 121 Å². The van der Waals surface area contributed by atoms with Crippen molar-refractivity contribution in [2.75, 3.05) is 0 Å². The van der Waals surface area contributed by atoms with Crippen LogP contribution in [0.5, 0.6) is 0 Å². The van der Waals surface area contributed by atoms with Crippen LogP contribution in [-0.2, 0) is 44.5 Å². The normalized spacial score (nSPS) is 45.0. The van der Waals surface area contributed by atoms with Crippen molar-refractivity contribution in [2.24, 2.45) is 0 Å². The monoisotopic (exact) mass is 480 g/mol. The van der Waals surface area contributed by atoms with Gasteiger partial charge >= 0.3 is 0 Å². The minimum absolute atomic E-state index is 0.278. The molecule has 190 valence electrons. The lowest BCUT2D eigenvalue weighted by Gasteiger charge is -2.45. The molecule has 4 heterocycles. The predicted octanol–water partition coefficient (Wildman–Crippen LogP) is 2.48. The van der Waals surface area contributed by atoms with Crippen LogP contribution in [0.3, 0.4) is 0 Å². The zero-order valence-corrected chi connectivity index (χ0v) is 20.6. The van der Waals surface area contributed by atoms with Crippen LogP contribution in [0.25, 0.3) is 0 Å². The van der Waals surface area contributed by atoms with E-state index >= 15 is 0 Å². The first-order valence-corrected chi connectivity index (χ1v) is 12.0. The molecule has 0 radical (unpaired) electrons. The third-order valence-corrected chi connectivity index (χ3v) is 6.71. The Morgan fingerprint density at radius 2 is 1.29 bits per heavy atom. The molecular weight excluding hydrogens is 444 g/mol. The molecule has 4 aliphatic rings.